The van der Waals surface area contributed by atoms with Crippen molar-refractivity contribution in [1.29, 1.82) is 0 Å². The van der Waals surface area contributed by atoms with Gasteiger partial charge in [-0.3, -0.25) is 4.79 Å². The molecule has 4 heteroatoms. The van der Waals surface area contributed by atoms with Gasteiger partial charge in [-0.15, -0.1) is 12.4 Å². The molecular formula is C17H27ClN2O. The van der Waals surface area contributed by atoms with E-state index in [9.17, 15) is 4.79 Å². The fraction of sp³-hybridized carbons (Fsp3) is 0.588. The Morgan fingerprint density at radius 2 is 2.10 bits per heavy atom. The van der Waals surface area contributed by atoms with Crippen molar-refractivity contribution in [2.45, 2.75) is 45.1 Å². The number of carbonyl (C=O) groups is 1. The molecule has 3 atom stereocenters. The predicted octanol–water partition coefficient (Wildman–Crippen LogP) is 3.11. The molecular weight excluding hydrogens is 284 g/mol. The van der Waals surface area contributed by atoms with E-state index >= 15 is 0 Å². The summed E-state index contributed by atoms with van der Waals surface area (Å²) in [6.45, 7) is 6.33. The Hall–Kier alpha value is -1.06. The number of hydrogen-bond donors (Lipinski definition) is 2. The smallest absolute Gasteiger partial charge is 0.227 e. The molecule has 1 aliphatic heterocycles. The van der Waals surface area contributed by atoms with Gasteiger partial charge in [-0.25, -0.2) is 0 Å². The SMILES string of the molecule is CCCC(C(=O)NC1CCNCC1C)c1ccccc1.Cl. The number of nitrogens with one attached hydrogen (secondary N) is 2. The second-order valence-corrected chi connectivity index (χ2v) is 5.84. The fourth-order valence-corrected chi connectivity index (χ4v) is 2.93. The van der Waals surface area contributed by atoms with Gasteiger partial charge in [0.2, 0.25) is 5.91 Å². The van der Waals surface area contributed by atoms with Crippen molar-refractivity contribution >= 4 is 18.3 Å². The molecule has 2 rings (SSSR count). The zero-order valence-electron chi connectivity index (χ0n) is 13.0. The summed E-state index contributed by atoms with van der Waals surface area (Å²) in [5.41, 5.74) is 1.13. The zero-order chi connectivity index (χ0) is 14.4. The largest absolute Gasteiger partial charge is 0.352 e. The molecule has 0 radical (unpaired) electrons. The van der Waals surface area contributed by atoms with Crippen molar-refractivity contribution in [1.82, 2.24) is 10.6 Å². The number of rotatable bonds is 5. The molecule has 3 unspecified atom stereocenters. The highest BCUT2D eigenvalue weighted by molar-refractivity contribution is 5.85. The molecule has 21 heavy (non-hydrogen) atoms. The van der Waals surface area contributed by atoms with Gasteiger partial charge < -0.3 is 10.6 Å². The van der Waals surface area contributed by atoms with Gasteiger partial charge in [0, 0.05) is 6.04 Å². The van der Waals surface area contributed by atoms with Crippen LogP contribution in [0.4, 0.5) is 0 Å². The minimum atomic E-state index is -0.0108. The van der Waals surface area contributed by atoms with Crippen molar-refractivity contribution in [3.8, 4) is 0 Å². The number of halogens is 1. The topological polar surface area (TPSA) is 41.1 Å². The van der Waals surface area contributed by atoms with Gasteiger partial charge >= 0.3 is 0 Å². The first-order valence-electron chi connectivity index (χ1n) is 7.78. The van der Waals surface area contributed by atoms with Gasteiger partial charge in [0.05, 0.1) is 5.92 Å². The van der Waals surface area contributed by atoms with Crippen LogP contribution in [0.2, 0.25) is 0 Å². The van der Waals surface area contributed by atoms with Crippen molar-refractivity contribution in [2.75, 3.05) is 13.1 Å². The highest BCUT2D eigenvalue weighted by Gasteiger charge is 2.26. The quantitative estimate of drug-likeness (QED) is 0.877. The van der Waals surface area contributed by atoms with Crippen LogP contribution in [0.25, 0.3) is 0 Å². The first-order chi connectivity index (χ1) is 9.72. The molecule has 1 aromatic carbocycles. The fourth-order valence-electron chi connectivity index (χ4n) is 2.93. The summed E-state index contributed by atoms with van der Waals surface area (Å²) >= 11 is 0. The number of hydrogen-bond acceptors (Lipinski definition) is 2. The zero-order valence-corrected chi connectivity index (χ0v) is 13.8. The minimum absolute atomic E-state index is 0. The summed E-state index contributed by atoms with van der Waals surface area (Å²) in [5, 5.41) is 6.65. The molecule has 2 N–H and O–H groups in total. The molecule has 0 bridgehead atoms. The minimum Gasteiger partial charge on any atom is -0.352 e. The lowest BCUT2D eigenvalue weighted by Gasteiger charge is -2.31. The average molecular weight is 311 g/mol. The molecule has 0 aromatic heterocycles. The summed E-state index contributed by atoms with van der Waals surface area (Å²) in [6, 6.07) is 10.5. The molecule has 0 aliphatic carbocycles. The molecule has 118 valence electrons. The van der Waals surface area contributed by atoms with E-state index in [2.05, 4.69) is 36.6 Å². The lowest BCUT2D eigenvalue weighted by atomic mass is 9.91. The summed E-state index contributed by atoms with van der Waals surface area (Å²) in [4.78, 5) is 12.6. The molecule has 1 aliphatic rings. The molecule has 1 aromatic rings. The van der Waals surface area contributed by atoms with Crippen LogP contribution in [-0.4, -0.2) is 25.0 Å². The summed E-state index contributed by atoms with van der Waals surface area (Å²) < 4.78 is 0. The van der Waals surface area contributed by atoms with Gasteiger partial charge in [0.15, 0.2) is 0 Å². The van der Waals surface area contributed by atoms with E-state index < -0.39 is 0 Å². The van der Waals surface area contributed by atoms with Crippen molar-refractivity contribution in [2.24, 2.45) is 5.92 Å². The summed E-state index contributed by atoms with van der Waals surface area (Å²) in [7, 11) is 0. The second-order valence-electron chi connectivity index (χ2n) is 5.84. The first-order valence-corrected chi connectivity index (χ1v) is 7.78. The molecule has 1 fully saturated rings. The number of amides is 1. The van der Waals surface area contributed by atoms with Crippen LogP contribution in [-0.2, 0) is 4.79 Å². The maximum Gasteiger partial charge on any atom is 0.227 e. The number of carbonyl (C=O) groups excluding carboxylic acids is 1. The maximum atomic E-state index is 12.6. The third kappa shape index (κ3) is 5.01. The second kappa shape index (κ2) is 9.06. The third-order valence-corrected chi connectivity index (χ3v) is 4.21. The average Bonchev–Trinajstić information content (AvgIpc) is 2.48. The first kappa shape index (κ1) is 18.0. The van der Waals surface area contributed by atoms with Crippen molar-refractivity contribution in [3.05, 3.63) is 35.9 Å². The molecule has 3 nitrogen and oxygen atoms in total. The normalized spacial score (nSPS) is 23.0. The molecule has 0 saturated carbocycles. The van der Waals surface area contributed by atoms with E-state index in [1.807, 2.05) is 18.2 Å². The Morgan fingerprint density at radius 1 is 1.38 bits per heavy atom. The van der Waals surface area contributed by atoms with E-state index in [4.69, 9.17) is 0 Å². The van der Waals surface area contributed by atoms with Crippen molar-refractivity contribution in [3.63, 3.8) is 0 Å². The lowest BCUT2D eigenvalue weighted by molar-refractivity contribution is -0.124. The van der Waals surface area contributed by atoms with Crippen LogP contribution in [0.1, 0.15) is 44.6 Å². The van der Waals surface area contributed by atoms with E-state index in [1.54, 1.807) is 0 Å². The Morgan fingerprint density at radius 3 is 2.71 bits per heavy atom. The standard InChI is InChI=1S/C17H26N2O.ClH/c1-3-7-15(14-8-5-4-6-9-14)17(20)19-16-10-11-18-12-13(16)2;/h4-6,8-9,13,15-16,18H,3,7,10-12H2,1-2H3,(H,19,20);1H. The van der Waals surface area contributed by atoms with Crippen LogP contribution in [0.15, 0.2) is 30.3 Å². The molecule has 1 amide bonds. The molecule has 1 heterocycles. The lowest BCUT2D eigenvalue weighted by Crippen LogP contribution is -2.49. The molecule has 1 saturated heterocycles. The highest BCUT2D eigenvalue weighted by atomic mass is 35.5. The van der Waals surface area contributed by atoms with Crippen LogP contribution >= 0.6 is 12.4 Å². The van der Waals surface area contributed by atoms with Gasteiger partial charge in [0.1, 0.15) is 0 Å². The van der Waals surface area contributed by atoms with E-state index in [0.29, 0.717) is 12.0 Å². The van der Waals surface area contributed by atoms with Crippen LogP contribution in [0.5, 0.6) is 0 Å². The Balaban J connectivity index is 0.00000220. The van der Waals surface area contributed by atoms with E-state index in [0.717, 1.165) is 37.9 Å². The Bertz CT molecular complexity index is 424. The van der Waals surface area contributed by atoms with Crippen LogP contribution in [0.3, 0.4) is 0 Å². The van der Waals surface area contributed by atoms with Gasteiger partial charge in [-0.1, -0.05) is 50.6 Å². The van der Waals surface area contributed by atoms with Crippen LogP contribution in [0, 0.1) is 5.92 Å². The van der Waals surface area contributed by atoms with Crippen LogP contribution < -0.4 is 10.6 Å². The molecule has 0 spiro atoms. The van der Waals surface area contributed by atoms with E-state index in [-0.39, 0.29) is 24.2 Å². The predicted molar refractivity (Wildman–Crippen MR) is 89.9 cm³/mol. The monoisotopic (exact) mass is 310 g/mol. The van der Waals surface area contributed by atoms with Gasteiger partial charge in [-0.05, 0) is 37.4 Å². The third-order valence-electron chi connectivity index (χ3n) is 4.21. The Kier molecular flexibility index (Phi) is 7.76. The Labute approximate surface area is 134 Å². The number of piperidine rings is 1. The highest BCUT2D eigenvalue weighted by Crippen LogP contribution is 2.22. The van der Waals surface area contributed by atoms with Crippen molar-refractivity contribution < 1.29 is 4.79 Å². The maximum absolute atomic E-state index is 12.6. The van der Waals surface area contributed by atoms with Gasteiger partial charge in [0.25, 0.3) is 0 Å². The summed E-state index contributed by atoms with van der Waals surface area (Å²) in [6.07, 6.45) is 2.96. The summed E-state index contributed by atoms with van der Waals surface area (Å²) in [5.74, 6) is 0.686. The van der Waals surface area contributed by atoms with Gasteiger partial charge in [-0.2, -0.15) is 0 Å². The van der Waals surface area contributed by atoms with E-state index in [1.165, 1.54) is 0 Å². The number of benzene rings is 1.